The smallest absolute Gasteiger partial charge is 0.146 e. The van der Waals surface area contributed by atoms with Crippen LogP contribution in [0.4, 0.5) is 0 Å². The minimum Gasteiger partial charge on any atom is -0.489 e. The Morgan fingerprint density at radius 3 is 1.25 bits per heavy atom. The maximum atomic E-state index is 6.08. The molecular weight excluding hydrogens is 652 g/mol. The molecule has 5 rings (SSSR count). The Labute approximate surface area is 309 Å². The molecule has 0 aromatic heterocycles. The molecule has 52 heavy (non-hydrogen) atoms. The molecule has 5 aromatic rings. The Morgan fingerprint density at radius 1 is 0.385 bits per heavy atom. The highest BCUT2D eigenvalue weighted by Crippen LogP contribution is 2.34. The van der Waals surface area contributed by atoms with Crippen LogP contribution in [0.25, 0.3) is 33.4 Å². The Hall–Kier alpha value is -4.34. The van der Waals surface area contributed by atoms with E-state index in [2.05, 4.69) is 103 Å². The topological polar surface area (TPSA) is 64.6 Å². The molecular formula is C45H52O7. The molecule has 0 atom stereocenters. The molecule has 0 N–H and O–H groups in total. The van der Waals surface area contributed by atoms with Crippen LogP contribution in [0.3, 0.4) is 0 Å². The molecule has 0 saturated heterocycles. The lowest BCUT2D eigenvalue weighted by Gasteiger charge is -2.13. The van der Waals surface area contributed by atoms with E-state index in [-0.39, 0.29) is 0 Å². The number of aryl methyl sites for hydroxylation is 2. The van der Waals surface area contributed by atoms with Gasteiger partial charge in [-0.3, -0.25) is 0 Å². The fourth-order valence-corrected chi connectivity index (χ4v) is 5.73. The van der Waals surface area contributed by atoms with Crippen molar-refractivity contribution in [3.05, 3.63) is 138 Å². The van der Waals surface area contributed by atoms with E-state index in [0.29, 0.717) is 59.8 Å². The predicted octanol–water partition coefficient (Wildman–Crippen LogP) is 9.41. The molecule has 0 bridgehead atoms. The number of hydrogen-bond acceptors (Lipinski definition) is 7. The van der Waals surface area contributed by atoms with Crippen LogP contribution in [0.2, 0.25) is 0 Å². The third kappa shape index (κ3) is 13.3. The second-order valence-electron chi connectivity index (χ2n) is 12.6. The van der Waals surface area contributed by atoms with Crippen molar-refractivity contribution in [2.45, 2.75) is 32.3 Å². The van der Waals surface area contributed by atoms with Crippen molar-refractivity contribution in [2.75, 3.05) is 67.4 Å². The highest BCUT2D eigenvalue weighted by molar-refractivity contribution is 5.81. The van der Waals surface area contributed by atoms with Gasteiger partial charge in [-0.25, -0.2) is 0 Å². The summed E-state index contributed by atoms with van der Waals surface area (Å²) in [5.41, 5.74) is 10.7. The highest BCUT2D eigenvalue weighted by Gasteiger charge is 2.09. The summed E-state index contributed by atoms with van der Waals surface area (Å²) < 4.78 is 38.0. The maximum Gasteiger partial charge on any atom is 0.146 e. The van der Waals surface area contributed by atoms with Crippen LogP contribution in [0.1, 0.15) is 29.5 Å². The molecule has 7 nitrogen and oxygen atoms in total. The van der Waals surface area contributed by atoms with E-state index < -0.39 is 0 Å². The standard InChI is InChI=1S/C45H52O7/c1-46-26-28-50-34-48-24-6-10-36-12-16-39(17-13-36)42-30-43(40-18-14-37(15-19-40)11-7-25-49-35-51-29-27-47-2)32-44(31-42)41-20-22-45(23-21-41)52-33-38-8-4-3-5-9-38/h3-5,8-9,12-23,30-32H,6-7,10-11,24-29,33-35H2,1-2H3. The fourth-order valence-electron chi connectivity index (χ4n) is 5.73. The van der Waals surface area contributed by atoms with E-state index in [0.717, 1.165) is 48.1 Å². The van der Waals surface area contributed by atoms with Gasteiger partial charge in [0.25, 0.3) is 0 Å². The molecule has 0 aliphatic rings. The van der Waals surface area contributed by atoms with Crippen LogP contribution in [-0.4, -0.2) is 67.4 Å². The van der Waals surface area contributed by atoms with Crippen molar-refractivity contribution in [3.8, 4) is 39.1 Å². The number of methoxy groups -OCH3 is 2. The van der Waals surface area contributed by atoms with E-state index in [1.165, 1.54) is 33.4 Å². The zero-order chi connectivity index (χ0) is 36.1. The van der Waals surface area contributed by atoms with Crippen molar-refractivity contribution in [3.63, 3.8) is 0 Å². The molecule has 274 valence electrons. The van der Waals surface area contributed by atoms with Crippen LogP contribution < -0.4 is 4.74 Å². The van der Waals surface area contributed by atoms with Crippen LogP contribution in [0.15, 0.2) is 121 Å². The zero-order valence-corrected chi connectivity index (χ0v) is 30.6. The van der Waals surface area contributed by atoms with E-state index in [1.807, 2.05) is 18.2 Å². The Morgan fingerprint density at radius 2 is 0.808 bits per heavy atom. The molecule has 0 aliphatic carbocycles. The van der Waals surface area contributed by atoms with Gasteiger partial charge in [-0.15, -0.1) is 0 Å². The molecule has 0 saturated carbocycles. The van der Waals surface area contributed by atoms with Crippen molar-refractivity contribution in [2.24, 2.45) is 0 Å². The van der Waals surface area contributed by atoms with Gasteiger partial charge in [0.2, 0.25) is 0 Å². The first-order chi connectivity index (χ1) is 25.7. The van der Waals surface area contributed by atoms with Gasteiger partial charge in [0.1, 0.15) is 25.9 Å². The van der Waals surface area contributed by atoms with Gasteiger partial charge in [-0.1, -0.05) is 91.0 Å². The summed E-state index contributed by atoms with van der Waals surface area (Å²) in [7, 11) is 3.33. The summed E-state index contributed by atoms with van der Waals surface area (Å²) in [5.74, 6) is 0.850. The van der Waals surface area contributed by atoms with E-state index in [1.54, 1.807) is 14.2 Å². The lowest BCUT2D eigenvalue weighted by Crippen LogP contribution is -2.07. The quantitative estimate of drug-likeness (QED) is 0.0469. The third-order valence-corrected chi connectivity index (χ3v) is 8.65. The second kappa shape index (κ2) is 22.6. The van der Waals surface area contributed by atoms with Gasteiger partial charge in [-0.05, 0) is 106 Å². The number of benzene rings is 5. The Kier molecular flexibility index (Phi) is 16.9. The first kappa shape index (κ1) is 38.9. The van der Waals surface area contributed by atoms with Gasteiger partial charge in [-0.2, -0.15) is 0 Å². The Bertz CT molecular complexity index is 1610. The molecule has 0 unspecified atom stereocenters. The molecule has 0 spiro atoms. The minimum atomic E-state index is 0.300. The lowest BCUT2D eigenvalue weighted by molar-refractivity contribution is -0.0661. The van der Waals surface area contributed by atoms with Crippen LogP contribution in [0, 0.1) is 0 Å². The third-order valence-electron chi connectivity index (χ3n) is 8.65. The molecule has 0 radical (unpaired) electrons. The fraction of sp³-hybridized carbons (Fsp3) is 0.333. The van der Waals surface area contributed by atoms with Crippen molar-refractivity contribution in [1.29, 1.82) is 0 Å². The largest absolute Gasteiger partial charge is 0.489 e. The minimum absolute atomic E-state index is 0.300. The summed E-state index contributed by atoms with van der Waals surface area (Å²) in [6.07, 6.45) is 3.76. The molecule has 5 aromatic carbocycles. The van der Waals surface area contributed by atoms with Gasteiger partial charge in [0.05, 0.1) is 26.4 Å². The number of ether oxygens (including phenoxy) is 7. The lowest BCUT2D eigenvalue weighted by atomic mass is 9.92. The number of hydrogen-bond donors (Lipinski definition) is 0. The van der Waals surface area contributed by atoms with E-state index in [9.17, 15) is 0 Å². The zero-order valence-electron chi connectivity index (χ0n) is 30.6. The first-order valence-electron chi connectivity index (χ1n) is 18.1. The first-order valence-corrected chi connectivity index (χ1v) is 18.1. The van der Waals surface area contributed by atoms with Gasteiger partial charge in [0.15, 0.2) is 0 Å². The predicted molar refractivity (Wildman–Crippen MR) is 207 cm³/mol. The summed E-state index contributed by atoms with van der Waals surface area (Å²) >= 11 is 0. The maximum absolute atomic E-state index is 6.08. The monoisotopic (exact) mass is 704 g/mol. The summed E-state index contributed by atoms with van der Waals surface area (Å²) in [6, 6.07) is 43.3. The van der Waals surface area contributed by atoms with Crippen molar-refractivity contribution in [1.82, 2.24) is 0 Å². The molecule has 0 aliphatic heterocycles. The average molecular weight is 705 g/mol. The Balaban J connectivity index is 1.26. The van der Waals surface area contributed by atoms with Crippen LogP contribution in [-0.2, 0) is 47.9 Å². The highest BCUT2D eigenvalue weighted by atomic mass is 16.7. The van der Waals surface area contributed by atoms with Gasteiger partial charge < -0.3 is 33.2 Å². The summed E-state index contributed by atoms with van der Waals surface area (Å²) in [4.78, 5) is 0. The number of rotatable bonds is 24. The van der Waals surface area contributed by atoms with Crippen molar-refractivity contribution < 1.29 is 33.2 Å². The van der Waals surface area contributed by atoms with Crippen LogP contribution >= 0.6 is 0 Å². The SMILES string of the molecule is COCCOCOCCCc1ccc(-c2cc(-c3ccc(CCCOCOCCOC)cc3)cc(-c3ccc(OCc4ccccc4)cc3)c2)cc1. The summed E-state index contributed by atoms with van der Waals surface area (Å²) in [6.45, 7) is 4.70. The molecule has 7 heteroatoms. The second-order valence-corrected chi connectivity index (χ2v) is 12.6. The van der Waals surface area contributed by atoms with E-state index in [4.69, 9.17) is 33.2 Å². The van der Waals surface area contributed by atoms with Crippen LogP contribution in [0.5, 0.6) is 5.75 Å². The molecule has 0 amide bonds. The van der Waals surface area contributed by atoms with Crippen molar-refractivity contribution >= 4 is 0 Å². The molecule has 0 fully saturated rings. The molecule has 0 heterocycles. The summed E-state index contributed by atoms with van der Waals surface area (Å²) in [5, 5.41) is 0. The van der Waals surface area contributed by atoms with E-state index >= 15 is 0 Å². The normalized spacial score (nSPS) is 11.2. The van der Waals surface area contributed by atoms with Gasteiger partial charge >= 0.3 is 0 Å². The van der Waals surface area contributed by atoms with Gasteiger partial charge in [0, 0.05) is 27.4 Å². The average Bonchev–Trinajstić information content (AvgIpc) is 3.20.